The summed E-state index contributed by atoms with van der Waals surface area (Å²) in [7, 11) is 1.80. The van der Waals surface area contributed by atoms with Crippen LogP contribution in [0.3, 0.4) is 0 Å². The Morgan fingerprint density at radius 3 is 2.57 bits per heavy atom. The Balaban J connectivity index is 2.57. The van der Waals surface area contributed by atoms with Crippen LogP contribution in [0.2, 0.25) is 5.02 Å². The highest BCUT2D eigenvalue weighted by Crippen LogP contribution is 2.24. The van der Waals surface area contributed by atoms with Gasteiger partial charge in [0.2, 0.25) is 0 Å². The van der Waals surface area contributed by atoms with Gasteiger partial charge >= 0.3 is 5.97 Å². The van der Waals surface area contributed by atoms with Gasteiger partial charge in [0.15, 0.2) is 0 Å². The molecule has 2 N–H and O–H groups in total. The van der Waals surface area contributed by atoms with Gasteiger partial charge in [0.1, 0.15) is 6.54 Å². The van der Waals surface area contributed by atoms with Gasteiger partial charge in [0.05, 0.1) is 5.71 Å². The second kappa shape index (κ2) is 6.90. The second-order valence-corrected chi connectivity index (χ2v) is 4.80. The van der Waals surface area contributed by atoms with Crippen molar-refractivity contribution in [1.29, 1.82) is 0 Å². The summed E-state index contributed by atoms with van der Waals surface area (Å²) in [5.41, 5.74) is 3.06. The summed E-state index contributed by atoms with van der Waals surface area (Å²) >= 11 is 6.07. The first-order valence-corrected chi connectivity index (χ1v) is 6.79. The molecular weight excluding hydrogens is 288 g/mol. The standard InChI is InChI=1S/C16H15ClN2O2/c1-18-14-8-7-12(17)9-13(14)16(19-10-15(20)21)11-5-3-2-4-6-11/h2-9,18H,10H2,1H3,(H,20,21). The number of nitrogens with zero attached hydrogens (tertiary/aromatic N) is 1. The summed E-state index contributed by atoms with van der Waals surface area (Å²) in [6, 6.07) is 14.8. The molecule has 0 radical (unpaired) electrons. The highest BCUT2D eigenvalue weighted by Gasteiger charge is 2.12. The number of rotatable bonds is 5. The van der Waals surface area contributed by atoms with Crippen molar-refractivity contribution in [2.24, 2.45) is 4.99 Å². The third kappa shape index (κ3) is 3.83. The van der Waals surface area contributed by atoms with Crippen LogP contribution in [0, 0.1) is 0 Å². The van der Waals surface area contributed by atoms with Gasteiger partial charge < -0.3 is 10.4 Å². The molecule has 2 aromatic carbocycles. The van der Waals surface area contributed by atoms with Gasteiger partial charge in [-0.1, -0.05) is 41.9 Å². The maximum Gasteiger partial charge on any atom is 0.325 e. The van der Waals surface area contributed by atoms with Crippen molar-refractivity contribution >= 4 is 29.0 Å². The highest BCUT2D eigenvalue weighted by atomic mass is 35.5. The zero-order chi connectivity index (χ0) is 15.2. The molecule has 0 unspecified atom stereocenters. The van der Waals surface area contributed by atoms with Crippen LogP contribution in [0.15, 0.2) is 53.5 Å². The first-order valence-electron chi connectivity index (χ1n) is 6.41. The molecular formula is C16H15ClN2O2. The summed E-state index contributed by atoms with van der Waals surface area (Å²) in [5, 5.41) is 12.5. The third-order valence-electron chi connectivity index (χ3n) is 2.93. The van der Waals surface area contributed by atoms with Crippen molar-refractivity contribution in [2.45, 2.75) is 0 Å². The topological polar surface area (TPSA) is 61.7 Å². The number of nitrogens with one attached hydrogen (secondary N) is 1. The fourth-order valence-corrected chi connectivity index (χ4v) is 2.18. The molecule has 0 atom stereocenters. The zero-order valence-electron chi connectivity index (χ0n) is 11.5. The van der Waals surface area contributed by atoms with Crippen LogP contribution in [0.5, 0.6) is 0 Å². The Morgan fingerprint density at radius 2 is 1.95 bits per heavy atom. The number of carboxylic acids is 1. The van der Waals surface area contributed by atoms with E-state index in [1.165, 1.54) is 0 Å². The molecule has 0 heterocycles. The van der Waals surface area contributed by atoms with Crippen molar-refractivity contribution in [3.8, 4) is 0 Å². The number of aliphatic carboxylic acids is 1. The highest BCUT2D eigenvalue weighted by molar-refractivity contribution is 6.31. The summed E-state index contributed by atoms with van der Waals surface area (Å²) in [6.45, 7) is -0.292. The van der Waals surface area contributed by atoms with E-state index in [0.717, 1.165) is 16.8 Å². The van der Waals surface area contributed by atoms with Gasteiger partial charge in [0.25, 0.3) is 0 Å². The summed E-state index contributed by atoms with van der Waals surface area (Å²) in [6.07, 6.45) is 0. The van der Waals surface area contributed by atoms with Crippen molar-refractivity contribution < 1.29 is 9.90 Å². The molecule has 2 rings (SSSR count). The SMILES string of the molecule is CNc1ccc(Cl)cc1C(=NCC(=O)O)c1ccccc1. The minimum absolute atomic E-state index is 0.292. The number of carbonyl (C=O) groups is 1. The number of carboxylic acid groups (broad SMARTS) is 1. The van der Waals surface area contributed by atoms with Crippen molar-refractivity contribution in [3.05, 3.63) is 64.7 Å². The molecule has 0 aromatic heterocycles. The lowest BCUT2D eigenvalue weighted by molar-refractivity contribution is -0.135. The van der Waals surface area contributed by atoms with E-state index in [2.05, 4.69) is 10.3 Å². The van der Waals surface area contributed by atoms with Crippen LogP contribution in [-0.4, -0.2) is 30.4 Å². The molecule has 2 aromatic rings. The largest absolute Gasteiger partial charge is 0.480 e. The monoisotopic (exact) mass is 302 g/mol. The molecule has 4 nitrogen and oxygen atoms in total. The molecule has 0 amide bonds. The van der Waals surface area contributed by atoms with E-state index in [9.17, 15) is 4.79 Å². The summed E-state index contributed by atoms with van der Waals surface area (Å²) in [4.78, 5) is 15.1. The maximum atomic E-state index is 10.8. The van der Waals surface area contributed by atoms with Gasteiger partial charge in [-0.2, -0.15) is 0 Å². The van der Waals surface area contributed by atoms with E-state index in [-0.39, 0.29) is 6.54 Å². The van der Waals surface area contributed by atoms with Crippen LogP contribution in [-0.2, 0) is 4.79 Å². The normalized spacial score (nSPS) is 11.2. The van der Waals surface area contributed by atoms with E-state index < -0.39 is 5.97 Å². The van der Waals surface area contributed by atoms with Crippen LogP contribution >= 0.6 is 11.6 Å². The van der Waals surface area contributed by atoms with E-state index in [4.69, 9.17) is 16.7 Å². The molecule has 0 aliphatic carbocycles. The van der Waals surface area contributed by atoms with Crippen LogP contribution < -0.4 is 5.32 Å². The maximum absolute atomic E-state index is 10.8. The van der Waals surface area contributed by atoms with E-state index in [1.54, 1.807) is 19.2 Å². The summed E-state index contributed by atoms with van der Waals surface area (Å²) in [5.74, 6) is -0.975. The first kappa shape index (κ1) is 15.1. The smallest absolute Gasteiger partial charge is 0.325 e. The number of hydrogen-bond donors (Lipinski definition) is 2. The molecule has 5 heteroatoms. The van der Waals surface area contributed by atoms with E-state index in [1.807, 2.05) is 36.4 Å². The Hall–Kier alpha value is -2.33. The molecule has 0 spiro atoms. The molecule has 21 heavy (non-hydrogen) atoms. The van der Waals surface area contributed by atoms with Gasteiger partial charge in [-0.15, -0.1) is 0 Å². The van der Waals surface area contributed by atoms with E-state index >= 15 is 0 Å². The molecule has 0 aliphatic rings. The quantitative estimate of drug-likeness (QED) is 0.833. The van der Waals surface area contributed by atoms with Crippen LogP contribution in [0.25, 0.3) is 0 Å². The Bertz CT molecular complexity index is 669. The van der Waals surface area contributed by atoms with E-state index in [0.29, 0.717) is 10.7 Å². The van der Waals surface area contributed by atoms with Gasteiger partial charge in [0, 0.05) is 28.9 Å². The minimum Gasteiger partial charge on any atom is -0.480 e. The average molecular weight is 303 g/mol. The Kier molecular flexibility index (Phi) is 4.95. The van der Waals surface area contributed by atoms with Gasteiger partial charge in [-0.05, 0) is 18.2 Å². The fraction of sp³-hybridized carbons (Fsp3) is 0.125. The lowest BCUT2D eigenvalue weighted by Crippen LogP contribution is -2.10. The number of hydrogen-bond acceptors (Lipinski definition) is 3. The lowest BCUT2D eigenvalue weighted by atomic mass is 10.0. The van der Waals surface area contributed by atoms with Crippen LogP contribution in [0.4, 0.5) is 5.69 Å². The number of benzene rings is 2. The van der Waals surface area contributed by atoms with Gasteiger partial charge in [-0.3, -0.25) is 9.79 Å². The molecule has 0 saturated carbocycles. The van der Waals surface area contributed by atoms with Crippen molar-refractivity contribution in [2.75, 3.05) is 18.9 Å². The molecule has 0 fully saturated rings. The van der Waals surface area contributed by atoms with Gasteiger partial charge in [-0.25, -0.2) is 0 Å². The molecule has 0 aliphatic heterocycles. The number of halogens is 1. The number of aliphatic imine (C=N–C) groups is 1. The van der Waals surface area contributed by atoms with Crippen molar-refractivity contribution in [1.82, 2.24) is 0 Å². The molecule has 0 saturated heterocycles. The van der Waals surface area contributed by atoms with Crippen LogP contribution in [0.1, 0.15) is 11.1 Å². The number of anilines is 1. The second-order valence-electron chi connectivity index (χ2n) is 4.36. The molecule has 0 bridgehead atoms. The first-order chi connectivity index (χ1) is 10.1. The zero-order valence-corrected chi connectivity index (χ0v) is 12.3. The minimum atomic E-state index is -0.975. The summed E-state index contributed by atoms with van der Waals surface area (Å²) < 4.78 is 0. The third-order valence-corrected chi connectivity index (χ3v) is 3.16. The predicted octanol–water partition coefficient (Wildman–Crippen LogP) is 3.30. The lowest BCUT2D eigenvalue weighted by Gasteiger charge is -2.13. The average Bonchev–Trinajstić information content (AvgIpc) is 2.48. The predicted molar refractivity (Wildman–Crippen MR) is 85.6 cm³/mol. The Labute approximate surface area is 128 Å². The molecule has 108 valence electrons. The Morgan fingerprint density at radius 1 is 1.24 bits per heavy atom. The fourth-order valence-electron chi connectivity index (χ4n) is 2.01. The van der Waals surface area contributed by atoms with Crippen molar-refractivity contribution in [3.63, 3.8) is 0 Å².